The minimum absolute atomic E-state index is 0.00207. The molecule has 0 spiro atoms. The van der Waals surface area contributed by atoms with E-state index in [0.29, 0.717) is 4.90 Å². The number of halogens is 2. The molecule has 32 heavy (non-hydrogen) atoms. The zero-order chi connectivity index (χ0) is 23.6. The predicted octanol–water partition coefficient (Wildman–Crippen LogP) is 3.52. The molecule has 0 aliphatic carbocycles. The quantitative estimate of drug-likeness (QED) is 0.480. The number of rotatable bonds is 6. The van der Waals surface area contributed by atoms with Crippen molar-refractivity contribution in [3.05, 3.63) is 57.6 Å². The highest BCUT2D eigenvalue weighted by Gasteiger charge is 2.38. The first-order chi connectivity index (χ1) is 15.1. The van der Waals surface area contributed by atoms with Gasteiger partial charge in [0, 0.05) is 5.56 Å². The van der Waals surface area contributed by atoms with Gasteiger partial charge in [0.25, 0.3) is 11.8 Å². The number of hydrogen-bond donors (Lipinski definition) is 2. The van der Waals surface area contributed by atoms with Crippen molar-refractivity contribution in [3.63, 3.8) is 0 Å². The van der Waals surface area contributed by atoms with Gasteiger partial charge in [-0.1, -0.05) is 41.4 Å². The Morgan fingerprint density at radius 2 is 1.84 bits per heavy atom. The summed E-state index contributed by atoms with van der Waals surface area (Å²) in [4.78, 5) is 49.9. The minimum atomic E-state index is -1.25. The summed E-state index contributed by atoms with van der Waals surface area (Å²) in [6.07, 6.45) is -0.0789. The molecule has 1 atom stereocenters. The number of nitrogens with zero attached hydrogens (tertiary/aromatic N) is 1. The first kappa shape index (κ1) is 23.1. The normalized spacial score (nSPS) is 16.1. The number of para-hydroxylation sites is 1. The van der Waals surface area contributed by atoms with Gasteiger partial charge in [-0.3, -0.25) is 14.9 Å². The summed E-state index contributed by atoms with van der Waals surface area (Å²) in [5.41, 5.74) is -0.245. The van der Waals surface area contributed by atoms with Crippen molar-refractivity contribution >= 4 is 58.8 Å². The third-order valence-corrected chi connectivity index (χ3v) is 5.25. The lowest BCUT2D eigenvalue weighted by atomic mass is 10.1. The van der Waals surface area contributed by atoms with Crippen molar-refractivity contribution in [1.82, 2.24) is 5.32 Å². The molecular weight excluding hydrogens is 463 g/mol. The number of imide groups is 2. The number of carboxylic acid groups (broad SMARTS) is 1. The molecule has 1 heterocycles. The van der Waals surface area contributed by atoms with Crippen molar-refractivity contribution in [3.8, 4) is 11.5 Å². The van der Waals surface area contributed by atoms with Gasteiger partial charge in [0.15, 0.2) is 17.6 Å². The van der Waals surface area contributed by atoms with Crippen LogP contribution >= 0.6 is 23.2 Å². The summed E-state index contributed by atoms with van der Waals surface area (Å²) in [5, 5.41) is 11.3. The van der Waals surface area contributed by atoms with Gasteiger partial charge >= 0.3 is 12.0 Å². The third-order valence-electron chi connectivity index (χ3n) is 4.45. The molecule has 4 amide bonds. The van der Waals surface area contributed by atoms with E-state index in [9.17, 15) is 24.3 Å². The number of nitrogens with one attached hydrogen (secondary N) is 1. The zero-order valence-corrected chi connectivity index (χ0v) is 18.2. The van der Waals surface area contributed by atoms with Gasteiger partial charge in [-0.05, 0) is 31.2 Å². The first-order valence-electron chi connectivity index (χ1n) is 9.07. The monoisotopic (exact) mass is 478 g/mol. The van der Waals surface area contributed by atoms with Gasteiger partial charge in [0.05, 0.1) is 22.8 Å². The molecule has 1 aliphatic heterocycles. The van der Waals surface area contributed by atoms with Gasteiger partial charge < -0.3 is 14.6 Å². The fourth-order valence-corrected chi connectivity index (χ4v) is 3.24. The van der Waals surface area contributed by atoms with Gasteiger partial charge in [-0.25, -0.2) is 14.5 Å². The molecule has 2 aromatic rings. The van der Waals surface area contributed by atoms with Crippen LogP contribution in [0.4, 0.5) is 10.5 Å². The number of anilines is 1. The Labute approximate surface area is 192 Å². The topological polar surface area (TPSA) is 122 Å². The maximum atomic E-state index is 13.1. The van der Waals surface area contributed by atoms with Crippen LogP contribution in [0.15, 0.2) is 42.0 Å². The Morgan fingerprint density at radius 3 is 2.50 bits per heavy atom. The minimum Gasteiger partial charge on any atom is -0.493 e. The van der Waals surface area contributed by atoms with Crippen molar-refractivity contribution in [2.45, 2.75) is 13.0 Å². The number of aliphatic carboxylic acids is 1. The number of barbiturate groups is 1. The van der Waals surface area contributed by atoms with Crippen LogP contribution in [0.1, 0.15) is 12.5 Å². The Hall–Kier alpha value is -3.56. The molecule has 1 aliphatic rings. The SMILES string of the molecule is COc1cccc(/C=C2\C(=O)NC(=O)N(c3cccc(Cl)c3Cl)C2=O)c1O[C@H](C)C(=O)O. The highest BCUT2D eigenvalue weighted by molar-refractivity contribution is 6.46. The summed E-state index contributed by atoms with van der Waals surface area (Å²) in [6.45, 7) is 1.31. The van der Waals surface area contributed by atoms with Crippen LogP contribution in [-0.4, -0.2) is 42.1 Å². The lowest BCUT2D eigenvalue weighted by molar-refractivity contribution is -0.144. The second kappa shape index (κ2) is 9.29. The highest BCUT2D eigenvalue weighted by Crippen LogP contribution is 2.36. The lowest BCUT2D eigenvalue weighted by Crippen LogP contribution is -2.54. The van der Waals surface area contributed by atoms with Crippen LogP contribution in [-0.2, 0) is 14.4 Å². The molecule has 3 rings (SSSR count). The van der Waals surface area contributed by atoms with Crippen molar-refractivity contribution in [2.24, 2.45) is 0 Å². The predicted molar refractivity (Wildman–Crippen MR) is 116 cm³/mol. The maximum Gasteiger partial charge on any atom is 0.344 e. The summed E-state index contributed by atoms with van der Waals surface area (Å²) in [7, 11) is 1.35. The Balaban J connectivity index is 2.10. The molecule has 11 heteroatoms. The van der Waals surface area contributed by atoms with E-state index >= 15 is 0 Å². The van der Waals surface area contributed by atoms with E-state index in [-0.39, 0.29) is 32.8 Å². The molecule has 0 saturated carbocycles. The summed E-state index contributed by atoms with van der Waals surface area (Å²) < 4.78 is 10.7. The molecule has 166 valence electrons. The number of benzene rings is 2. The second-order valence-corrected chi connectivity index (χ2v) is 7.29. The van der Waals surface area contributed by atoms with Crippen LogP contribution < -0.4 is 19.7 Å². The van der Waals surface area contributed by atoms with E-state index in [2.05, 4.69) is 5.32 Å². The second-order valence-electron chi connectivity index (χ2n) is 6.51. The van der Waals surface area contributed by atoms with E-state index < -0.39 is 35.5 Å². The molecule has 2 N–H and O–H groups in total. The maximum absolute atomic E-state index is 13.1. The van der Waals surface area contributed by atoms with Gasteiger partial charge in [-0.2, -0.15) is 0 Å². The average Bonchev–Trinajstić information content (AvgIpc) is 2.74. The van der Waals surface area contributed by atoms with Gasteiger partial charge in [0.2, 0.25) is 0 Å². The van der Waals surface area contributed by atoms with E-state index in [1.807, 2.05) is 0 Å². The average molecular weight is 479 g/mol. The third kappa shape index (κ3) is 4.39. The number of methoxy groups -OCH3 is 1. The van der Waals surface area contributed by atoms with E-state index in [1.54, 1.807) is 6.07 Å². The molecule has 9 nitrogen and oxygen atoms in total. The molecule has 1 saturated heterocycles. The molecule has 2 aromatic carbocycles. The number of carbonyl (C=O) groups is 4. The smallest absolute Gasteiger partial charge is 0.344 e. The number of carbonyl (C=O) groups excluding carboxylic acids is 3. The fraction of sp³-hybridized carbons (Fsp3) is 0.143. The molecular formula is C21H16Cl2N2O7. The Bertz CT molecular complexity index is 1160. The first-order valence-corrected chi connectivity index (χ1v) is 9.83. The molecule has 1 fully saturated rings. The number of urea groups is 1. The fourth-order valence-electron chi connectivity index (χ4n) is 2.86. The van der Waals surface area contributed by atoms with Gasteiger partial charge in [0.1, 0.15) is 5.57 Å². The standard InChI is InChI=1S/C21H16Cl2N2O7/c1-10(20(28)29)32-17-11(5-3-8-15(17)31-2)9-12-18(26)24-21(30)25(19(12)27)14-7-4-6-13(22)16(14)23/h3-10H,1-2H3,(H,28,29)(H,24,26,30)/b12-9+/t10-/m1/s1. The molecule has 0 unspecified atom stereocenters. The Kier molecular flexibility index (Phi) is 6.71. The van der Waals surface area contributed by atoms with Crippen molar-refractivity contribution in [1.29, 1.82) is 0 Å². The number of ether oxygens (including phenoxy) is 2. The van der Waals surface area contributed by atoms with E-state index in [4.69, 9.17) is 32.7 Å². The van der Waals surface area contributed by atoms with Crippen LogP contribution in [0.25, 0.3) is 6.08 Å². The van der Waals surface area contributed by atoms with Crippen LogP contribution in [0.3, 0.4) is 0 Å². The van der Waals surface area contributed by atoms with Crippen LogP contribution in [0.2, 0.25) is 10.0 Å². The largest absolute Gasteiger partial charge is 0.493 e. The molecule has 0 aromatic heterocycles. The molecule has 0 bridgehead atoms. The lowest BCUT2D eigenvalue weighted by Gasteiger charge is -2.27. The molecule has 0 radical (unpaired) electrons. The number of hydrogen-bond acceptors (Lipinski definition) is 6. The van der Waals surface area contributed by atoms with E-state index in [1.165, 1.54) is 50.4 Å². The van der Waals surface area contributed by atoms with Crippen molar-refractivity contribution < 1.29 is 33.8 Å². The highest BCUT2D eigenvalue weighted by atomic mass is 35.5. The van der Waals surface area contributed by atoms with Gasteiger partial charge in [-0.15, -0.1) is 0 Å². The van der Waals surface area contributed by atoms with Crippen LogP contribution in [0.5, 0.6) is 11.5 Å². The Morgan fingerprint density at radius 1 is 1.16 bits per heavy atom. The summed E-state index contributed by atoms with van der Waals surface area (Å²) in [5.74, 6) is -2.95. The summed E-state index contributed by atoms with van der Waals surface area (Å²) in [6, 6.07) is 7.95. The summed E-state index contributed by atoms with van der Waals surface area (Å²) >= 11 is 12.1. The number of amides is 4. The van der Waals surface area contributed by atoms with Crippen molar-refractivity contribution in [2.75, 3.05) is 12.0 Å². The number of carboxylic acids is 1. The zero-order valence-electron chi connectivity index (χ0n) is 16.7. The van der Waals surface area contributed by atoms with Crippen LogP contribution in [0, 0.1) is 0 Å². The van der Waals surface area contributed by atoms with E-state index in [0.717, 1.165) is 0 Å².